The summed E-state index contributed by atoms with van der Waals surface area (Å²) in [5.41, 5.74) is -1.33. The van der Waals surface area contributed by atoms with E-state index in [2.05, 4.69) is 0 Å². The van der Waals surface area contributed by atoms with Gasteiger partial charge in [-0.1, -0.05) is 34.8 Å². The molecule has 1 N–H and O–H groups in total. The number of rotatable bonds is 1. The van der Waals surface area contributed by atoms with E-state index in [9.17, 15) is 0 Å². The summed E-state index contributed by atoms with van der Waals surface area (Å²) in [7, 11) is 0. The maximum atomic E-state index is 8.81. The van der Waals surface area contributed by atoms with Gasteiger partial charge in [-0.15, -0.1) is 0 Å². The van der Waals surface area contributed by atoms with Gasteiger partial charge in [-0.2, -0.15) is 0 Å². The summed E-state index contributed by atoms with van der Waals surface area (Å²) in [6.45, 7) is 0. The fraction of sp³-hybridized carbons (Fsp3) is 0.200. The van der Waals surface area contributed by atoms with Crippen molar-refractivity contribution in [3.63, 3.8) is 0 Å². The summed E-state index contributed by atoms with van der Waals surface area (Å²) >= 11 is 21.7. The zero-order valence-electron chi connectivity index (χ0n) is 4.94. The van der Waals surface area contributed by atoms with Crippen molar-refractivity contribution < 1.29 is 9.52 Å². The third kappa shape index (κ3) is 1.76. The second-order valence-electron chi connectivity index (χ2n) is 1.70. The Morgan fingerprint density at radius 2 is 1.73 bits per heavy atom. The highest BCUT2D eigenvalue weighted by Gasteiger charge is 2.20. The third-order valence-electron chi connectivity index (χ3n) is 0.998. The van der Waals surface area contributed by atoms with Crippen molar-refractivity contribution in [1.82, 2.24) is 0 Å². The van der Waals surface area contributed by atoms with Crippen LogP contribution in [0.2, 0.25) is 15.3 Å². The highest BCUT2D eigenvalue weighted by atomic mass is 35.5. The molecule has 0 saturated carbocycles. The van der Waals surface area contributed by atoms with Gasteiger partial charge in [0.15, 0.2) is 11.3 Å². The van der Waals surface area contributed by atoms with Gasteiger partial charge in [0.25, 0.3) is 0 Å². The molecule has 2 nitrogen and oxygen atoms in total. The lowest BCUT2D eigenvalue weighted by Crippen LogP contribution is -1.83. The Labute approximate surface area is 82.6 Å². The van der Waals surface area contributed by atoms with E-state index in [4.69, 9.17) is 55.9 Å². The Kier molecular flexibility index (Phi) is 2.95. The van der Waals surface area contributed by atoms with Crippen LogP contribution in [0.25, 0.3) is 0 Å². The van der Waals surface area contributed by atoms with Crippen molar-refractivity contribution in [2.45, 2.75) is 5.56 Å². The van der Waals surface area contributed by atoms with Gasteiger partial charge < -0.3 is 9.52 Å². The monoisotopic (exact) mass is 234 g/mol. The second-order valence-corrected chi connectivity index (χ2v) is 3.22. The molecule has 1 heterocycles. The number of aliphatic hydroxyl groups excluding tert-OH is 1. The highest BCUT2D eigenvalue weighted by Crippen LogP contribution is 2.39. The minimum Gasteiger partial charge on any atom is -0.442 e. The molecule has 1 rings (SSSR count). The van der Waals surface area contributed by atoms with Crippen molar-refractivity contribution in [2.75, 3.05) is 0 Å². The van der Waals surface area contributed by atoms with Crippen molar-refractivity contribution in [3.05, 3.63) is 21.0 Å². The summed E-state index contributed by atoms with van der Waals surface area (Å²) < 4.78 is 4.73. The second kappa shape index (κ2) is 3.42. The number of aliphatic hydroxyl groups is 1. The fourth-order valence-corrected chi connectivity index (χ4v) is 1.33. The maximum Gasteiger partial charge on any atom is 0.213 e. The lowest BCUT2D eigenvalue weighted by molar-refractivity contribution is 0.229. The molecule has 0 radical (unpaired) electrons. The van der Waals surface area contributed by atoms with E-state index in [1.54, 1.807) is 0 Å². The van der Waals surface area contributed by atoms with Crippen LogP contribution in [0.5, 0.6) is 0 Å². The van der Waals surface area contributed by atoms with Crippen LogP contribution < -0.4 is 0 Å². The number of hydrogen-bond acceptors (Lipinski definition) is 2. The minimum absolute atomic E-state index is 0.0386. The lowest BCUT2D eigenvalue weighted by Gasteiger charge is -1.95. The van der Waals surface area contributed by atoms with Gasteiger partial charge in [0.1, 0.15) is 10.0 Å². The summed E-state index contributed by atoms with van der Waals surface area (Å²) in [6, 6.07) is 0. The largest absolute Gasteiger partial charge is 0.442 e. The molecule has 0 amide bonds. The molecule has 0 fully saturated rings. The van der Waals surface area contributed by atoms with E-state index in [0.717, 1.165) is 0 Å². The molecule has 1 aromatic rings. The number of hydrogen-bond donors (Lipinski definition) is 1. The normalized spacial score (nSPS) is 13.5. The van der Waals surface area contributed by atoms with E-state index in [-0.39, 0.29) is 21.0 Å². The first-order valence-corrected chi connectivity index (χ1v) is 4.06. The van der Waals surface area contributed by atoms with Gasteiger partial charge in [-0.25, -0.2) is 0 Å². The molecule has 0 aliphatic carbocycles. The molecule has 62 valence electrons. The molecule has 0 aliphatic heterocycles. The van der Waals surface area contributed by atoms with Gasteiger partial charge in [-0.05, 0) is 11.6 Å². The molecule has 11 heavy (non-hydrogen) atoms. The zero-order valence-corrected chi connectivity index (χ0v) is 7.97. The van der Waals surface area contributed by atoms with Crippen LogP contribution in [0.4, 0.5) is 0 Å². The van der Waals surface area contributed by atoms with Gasteiger partial charge >= 0.3 is 0 Å². The zero-order chi connectivity index (χ0) is 8.59. The fourth-order valence-electron chi connectivity index (χ4n) is 0.534. The van der Waals surface area contributed by atoms with Crippen LogP contribution in [-0.4, -0.2) is 5.11 Å². The minimum atomic E-state index is -1.33. The van der Waals surface area contributed by atoms with Gasteiger partial charge in [0, 0.05) is 0 Å². The molecule has 0 aromatic carbocycles. The third-order valence-corrected chi connectivity index (χ3v) is 2.39. The average molecular weight is 236 g/mol. The molecular formula is C5H2Cl4O2. The van der Waals surface area contributed by atoms with Crippen LogP contribution >= 0.6 is 46.4 Å². The summed E-state index contributed by atoms with van der Waals surface area (Å²) in [6.07, 6.45) is 0. The Morgan fingerprint density at radius 1 is 1.18 bits per heavy atom. The number of furan rings is 1. The molecule has 0 spiro atoms. The van der Waals surface area contributed by atoms with Crippen LogP contribution in [0, 0.1) is 0 Å². The van der Waals surface area contributed by atoms with Crippen molar-refractivity contribution in [1.29, 1.82) is 0 Å². The highest BCUT2D eigenvalue weighted by molar-refractivity contribution is 6.48. The van der Waals surface area contributed by atoms with Crippen LogP contribution in [0.3, 0.4) is 0 Å². The van der Waals surface area contributed by atoms with Crippen LogP contribution in [0.1, 0.15) is 11.3 Å². The van der Waals surface area contributed by atoms with Gasteiger partial charge in [0.05, 0.1) is 0 Å². The Bertz CT molecular complexity index is 268. The summed E-state index contributed by atoms with van der Waals surface area (Å²) in [5.74, 6) is -0.0386. The van der Waals surface area contributed by atoms with Crippen LogP contribution in [-0.2, 0) is 0 Å². The van der Waals surface area contributed by atoms with Gasteiger partial charge in [-0.3, -0.25) is 0 Å². The summed E-state index contributed by atoms with van der Waals surface area (Å²) in [4.78, 5) is 0. The molecule has 6 heteroatoms. The molecule has 0 bridgehead atoms. The van der Waals surface area contributed by atoms with Crippen LogP contribution in [0.15, 0.2) is 4.42 Å². The Hall–Kier alpha value is 0.400. The molecule has 0 saturated heterocycles. The van der Waals surface area contributed by atoms with Crippen molar-refractivity contribution in [2.24, 2.45) is 0 Å². The topological polar surface area (TPSA) is 33.4 Å². The first kappa shape index (κ1) is 9.49. The predicted molar refractivity (Wildman–Crippen MR) is 44.6 cm³/mol. The summed E-state index contributed by atoms with van der Waals surface area (Å²) in [5, 5.41) is 8.83. The standard InChI is InChI=1S/C5H2Cl4O2/c6-1-2(7)5(9)11-3(1)4(8)10/h4,10H. The van der Waals surface area contributed by atoms with E-state index in [1.165, 1.54) is 0 Å². The molecule has 1 aromatic heterocycles. The van der Waals surface area contributed by atoms with Crippen molar-refractivity contribution >= 4 is 46.4 Å². The first-order chi connectivity index (χ1) is 5.04. The van der Waals surface area contributed by atoms with E-state index < -0.39 is 5.56 Å². The predicted octanol–water partition coefficient (Wildman–Crippen LogP) is 3.47. The lowest BCUT2D eigenvalue weighted by atomic mass is 10.5. The van der Waals surface area contributed by atoms with E-state index in [0.29, 0.717) is 0 Å². The number of halogens is 4. The smallest absolute Gasteiger partial charge is 0.213 e. The van der Waals surface area contributed by atoms with E-state index in [1.807, 2.05) is 0 Å². The van der Waals surface area contributed by atoms with Gasteiger partial charge in [0.2, 0.25) is 5.22 Å². The Balaban J connectivity index is 3.19. The first-order valence-electron chi connectivity index (χ1n) is 2.49. The SMILES string of the molecule is OC(Cl)c1oc(Cl)c(Cl)c1Cl. The quantitative estimate of drug-likeness (QED) is 0.757. The molecular weight excluding hydrogens is 234 g/mol. The van der Waals surface area contributed by atoms with Crippen molar-refractivity contribution in [3.8, 4) is 0 Å². The average Bonchev–Trinajstić information content (AvgIpc) is 2.17. The molecule has 0 aliphatic rings. The maximum absolute atomic E-state index is 8.81. The number of alkyl halides is 1. The molecule has 1 unspecified atom stereocenters. The van der Waals surface area contributed by atoms with E-state index >= 15 is 0 Å². The Morgan fingerprint density at radius 3 is 1.91 bits per heavy atom. The molecule has 1 atom stereocenters.